The fourth-order valence-electron chi connectivity index (χ4n) is 3.61. The van der Waals surface area contributed by atoms with Crippen molar-refractivity contribution in [2.75, 3.05) is 25.0 Å². The Morgan fingerprint density at radius 3 is 2.52 bits per heavy atom. The molecule has 0 unspecified atom stereocenters. The minimum absolute atomic E-state index is 0.0276. The number of rotatable bonds is 3. The molecule has 5 heteroatoms. The molecule has 2 aliphatic rings. The summed E-state index contributed by atoms with van der Waals surface area (Å²) in [6.45, 7) is 2.48. The maximum absolute atomic E-state index is 12.4. The lowest BCUT2D eigenvalue weighted by atomic mass is 10.1. The van der Waals surface area contributed by atoms with E-state index in [0.717, 1.165) is 42.9 Å². The molecule has 124 valence electrons. The highest BCUT2D eigenvalue weighted by Gasteiger charge is 2.21. The number of likely N-dealkylation sites (tertiary alicyclic amines) is 1. The maximum atomic E-state index is 12.4. The number of nitrogens with one attached hydrogen (secondary N) is 1. The van der Waals surface area contributed by atoms with Crippen molar-refractivity contribution in [3.63, 3.8) is 0 Å². The Morgan fingerprint density at radius 1 is 1.09 bits per heavy atom. The van der Waals surface area contributed by atoms with Crippen LogP contribution in [0.5, 0.6) is 0 Å². The first-order valence-electron chi connectivity index (χ1n) is 8.85. The Kier molecular flexibility index (Phi) is 5.69. The molecule has 1 aliphatic carbocycles. The van der Waals surface area contributed by atoms with Crippen LogP contribution in [-0.2, 0) is 17.6 Å². The summed E-state index contributed by atoms with van der Waals surface area (Å²) >= 11 is 1.62. The van der Waals surface area contributed by atoms with Crippen molar-refractivity contribution >= 4 is 22.2 Å². The van der Waals surface area contributed by atoms with Gasteiger partial charge in [-0.25, -0.2) is 0 Å². The van der Waals surface area contributed by atoms with Gasteiger partial charge in [0, 0.05) is 4.88 Å². The topological polar surface area (TPSA) is 56.1 Å². The second-order valence-corrected chi connectivity index (χ2v) is 7.72. The Balaban J connectivity index is 1.67. The third kappa shape index (κ3) is 4.13. The van der Waals surface area contributed by atoms with E-state index in [9.17, 15) is 10.1 Å². The SMILES string of the molecule is N#Cc1c(NC(=O)CN2CCCCCC2)sc2c1CCCCC2. The third-order valence-electron chi connectivity index (χ3n) is 4.85. The molecule has 4 nitrogen and oxygen atoms in total. The molecule has 0 radical (unpaired) electrons. The number of nitriles is 1. The van der Waals surface area contributed by atoms with Crippen LogP contribution < -0.4 is 5.32 Å². The number of fused-ring (bicyclic) bond motifs is 1. The molecule has 1 fully saturated rings. The predicted octanol–water partition coefficient (Wildman–Crippen LogP) is 3.70. The molecule has 2 heterocycles. The summed E-state index contributed by atoms with van der Waals surface area (Å²) in [5, 5.41) is 13.3. The molecular formula is C18H25N3OS. The Labute approximate surface area is 142 Å². The minimum atomic E-state index is 0.0276. The second kappa shape index (κ2) is 7.94. The number of carbonyl (C=O) groups is 1. The number of carbonyl (C=O) groups excluding carboxylic acids is 1. The molecule has 1 amide bonds. The lowest BCUT2D eigenvalue weighted by Gasteiger charge is -2.18. The van der Waals surface area contributed by atoms with Crippen molar-refractivity contribution in [1.82, 2.24) is 4.90 Å². The van der Waals surface area contributed by atoms with Gasteiger partial charge in [-0.2, -0.15) is 5.26 Å². The van der Waals surface area contributed by atoms with Crippen molar-refractivity contribution in [3.05, 3.63) is 16.0 Å². The van der Waals surface area contributed by atoms with Crippen LogP contribution in [0.1, 0.15) is 60.9 Å². The van der Waals surface area contributed by atoms with E-state index in [1.54, 1.807) is 11.3 Å². The molecule has 0 atom stereocenters. The van der Waals surface area contributed by atoms with Gasteiger partial charge in [-0.3, -0.25) is 9.69 Å². The van der Waals surface area contributed by atoms with Crippen LogP contribution in [0.2, 0.25) is 0 Å². The van der Waals surface area contributed by atoms with E-state index in [-0.39, 0.29) is 5.91 Å². The van der Waals surface area contributed by atoms with Crippen molar-refractivity contribution in [3.8, 4) is 6.07 Å². The molecule has 0 spiro atoms. The monoisotopic (exact) mass is 331 g/mol. The van der Waals surface area contributed by atoms with Crippen LogP contribution in [0.25, 0.3) is 0 Å². The van der Waals surface area contributed by atoms with Crippen molar-refractivity contribution < 1.29 is 4.79 Å². The summed E-state index contributed by atoms with van der Waals surface area (Å²) in [6.07, 6.45) is 10.5. The molecular weight excluding hydrogens is 306 g/mol. The normalized spacial score (nSPS) is 19.3. The third-order valence-corrected chi connectivity index (χ3v) is 6.06. The second-order valence-electron chi connectivity index (χ2n) is 6.62. The number of hydrogen-bond acceptors (Lipinski definition) is 4. The van der Waals surface area contributed by atoms with Crippen LogP contribution in [0.3, 0.4) is 0 Å². The van der Waals surface area contributed by atoms with E-state index in [4.69, 9.17) is 0 Å². The van der Waals surface area contributed by atoms with Gasteiger partial charge in [-0.1, -0.05) is 19.3 Å². The highest BCUT2D eigenvalue weighted by molar-refractivity contribution is 7.16. The average Bonchev–Trinajstić information content (AvgIpc) is 2.75. The predicted molar refractivity (Wildman–Crippen MR) is 93.8 cm³/mol. The summed E-state index contributed by atoms with van der Waals surface area (Å²) < 4.78 is 0. The average molecular weight is 331 g/mol. The Morgan fingerprint density at radius 2 is 1.78 bits per heavy atom. The first-order valence-corrected chi connectivity index (χ1v) is 9.66. The summed E-state index contributed by atoms with van der Waals surface area (Å²) in [6, 6.07) is 2.33. The fraction of sp³-hybridized carbons (Fsp3) is 0.667. The van der Waals surface area contributed by atoms with E-state index >= 15 is 0 Å². The highest BCUT2D eigenvalue weighted by Crippen LogP contribution is 2.36. The van der Waals surface area contributed by atoms with Gasteiger partial charge < -0.3 is 5.32 Å². The summed E-state index contributed by atoms with van der Waals surface area (Å²) in [5.74, 6) is 0.0276. The highest BCUT2D eigenvalue weighted by atomic mass is 32.1. The quantitative estimate of drug-likeness (QED) is 0.859. The van der Waals surface area contributed by atoms with Gasteiger partial charge in [0.05, 0.1) is 12.1 Å². The summed E-state index contributed by atoms with van der Waals surface area (Å²) in [4.78, 5) is 15.9. The van der Waals surface area contributed by atoms with E-state index in [1.807, 2.05) is 0 Å². The van der Waals surface area contributed by atoms with Gasteiger partial charge in [0.15, 0.2) is 0 Å². The zero-order chi connectivity index (χ0) is 16.1. The number of anilines is 1. The minimum Gasteiger partial charge on any atom is -0.315 e. The van der Waals surface area contributed by atoms with Crippen LogP contribution >= 0.6 is 11.3 Å². The van der Waals surface area contributed by atoms with Gasteiger partial charge in [0.2, 0.25) is 5.91 Å². The van der Waals surface area contributed by atoms with E-state index in [0.29, 0.717) is 6.54 Å². The van der Waals surface area contributed by atoms with Crippen LogP contribution in [0, 0.1) is 11.3 Å². The van der Waals surface area contributed by atoms with Gasteiger partial charge in [0.1, 0.15) is 11.1 Å². The molecule has 0 bridgehead atoms. The maximum Gasteiger partial charge on any atom is 0.239 e. The van der Waals surface area contributed by atoms with Crippen molar-refractivity contribution in [2.24, 2.45) is 0 Å². The number of thiophene rings is 1. The lowest BCUT2D eigenvalue weighted by Crippen LogP contribution is -2.33. The van der Waals surface area contributed by atoms with E-state index < -0.39 is 0 Å². The lowest BCUT2D eigenvalue weighted by molar-refractivity contribution is -0.117. The van der Waals surface area contributed by atoms with E-state index in [2.05, 4.69) is 16.3 Å². The number of nitrogens with zero attached hydrogens (tertiary/aromatic N) is 2. The van der Waals surface area contributed by atoms with Gasteiger partial charge in [-0.05, 0) is 57.2 Å². The Bertz CT molecular complexity index is 594. The van der Waals surface area contributed by atoms with Gasteiger partial charge in [-0.15, -0.1) is 11.3 Å². The van der Waals surface area contributed by atoms with Gasteiger partial charge in [0.25, 0.3) is 0 Å². The van der Waals surface area contributed by atoms with Crippen molar-refractivity contribution in [2.45, 2.75) is 57.8 Å². The first kappa shape index (κ1) is 16.5. The number of aryl methyl sites for hydroxylation is 1. The van der Waals surface area contributed by atoms with E-state index in [1.165, 1.54) is 49.0 Å². The van der Waals surface area contributed by atoms with Crippen molar-refractivity contribution in [1.29, 1.82) is 5.26 Å². The number of amides is 1. The Hall–Kier alpha value is -1.38. The molecule has 1 aromatic rings. The molecule has 1 saturated heterocycles. The number of hydrogen-bond donors (Lipinski definition) is 1. The fourth-order valence-corrected chi connectivity index (χ4v) is 4.87. The zero-order valence-electron chi connectivity index (χ0n) is 13.7. The molecule has 1 aliphatic heterocycles. The van der Waals surface area contributed by atoms with Crippen LogP contribution in [-0.4, -0.2) is 30.4 Å². The molecule has 1 N–H and O–H groups in total. The molecule has 0 saturated carbocycles. The van der Waals surface area contributed by atoms with Crippen LogP contribution in [0.4, 0.5) is 5.00 Å². The summed E-state index contributed by atoms with van der Waals surface area (Å²) in [7, 11) is 0. The molecule has 3 rings (SSSR count). The smallest absolute Gasteiger partial charge is 0.239 e. The standard InChI is InChI=1S/C18H25N3OS/c19-12-15-14-8-4-3-5-9-16(14)23-18(15)20-17(22)13-21-10-6-1-2-7-11-21/h1-11,13H2,(H,20,22). The van der Waals surface area contributed by atoms with Crippen LogP contribution in [0.15, 0.2) is 0 Å². The largest absolute Gasteiger partial charge is 0.315 e. The molecule has 23 heavy (non-hydrogen) atoms. The molecule has 0 aromatic carbocycles. The first-order chi connectivity index (χ1) is 11.3. The molecule has 1 aromatic heterocycles. The zero-order valence-corrected chi connectivity index (χ0v) is 14.5. The summed E-state index contributed by atoms with van der Waals surface area (Å²) in [5.41, 5.74) is 1.91. The van der Waals surface area contributed by atoms with Gasteiger partial charge >= 0.3 is 0 Å².